The van der Waals surface area contributed by atoms with Gasteiger partial charge in [0.1, 0.15) is 5.82 Å². The lowest BCUT2D eigenvalue weighted by Gasteiger charge is -2.14. The van der Waals surface area contributed by atoms with Crippen LogP contribution in [0.2, 0.25) is 0 Å². The lowest BCUT2D eigenvalue weighted by molar-refractivity contribution is -0.120. The second kappa shape index (κ2) is 7.85. The maximum absolute atomic E-state index is 12.1. The number of aryl methyl sites for hydroxylation is 1. The predicted octanol–water partition coefficient (Wildman–Crippen LogP) is 3.94. The smallest absolute Gasteiger partial charge is 0.228 e. The molecule has 0 saturated heterocycles. The van der Waals surface area contributed by atoms with Gasteiger partial charge in [-0.1, -0.05) is 39.2 Å². The Kier molecular flexibility index (Phi) is 6.40. The Morgan fingerprint density at radius 3 is 2.72 bits per heavy atom. The van der Waals surface area contributed by atoms with Crippen LogP contribution in [-0.2, 0) is 4.79 Å². The molecule has 1 aromatic rings. The molecule has 0 aromatic carbocycles. The fraction of sp³-hybridized carbons (Fsp3) is 0.600. The SMILES string of the molecule is CCCCCC(CC)C(=O)Nc1cccc(C)n1. The van der Waals surface area contributed by atoms with Crippen molar-refractivity contribution in [3.63, 3.8) is 0 Å². The number of carbonyl (C=O) groups is 1. The molecule has 1 aromatic heterocycles. The number of carbonyl (C=O) groups excluding carboxylic acids is 1. The van der Waals surface area contributed by atoms with E-state index in [4.69, 9.17) is 0 Å². The Hall–Kier alpha value is -1.38. The third-order valence-electron chi connectivity index (χ3n) is 3.16. The maximum atomic E-state index is 12.1. The van der Waals surface area contributed by atoms with Crippen LogP contribution in [0.25, 0.3) is 0 Å². The Bertz CT molecular complexity index is 377. The summed E-state index contributed by atoms with van der Waals surface area (Å²) in [6.45, 7) is 6.17. The molecule has 0 bridgehead atoms. The normalized spacial score (nSPS) is 12.2. The molecule has 3 heteroatoms. The highest BCUT2D eigenvalue weighted by molar-refractivity contribution is 5.91. The molecule has 0 fully saturated rings. The van der Waals surface area contributed by atoms with Crippen LogP contribution in [0.1, 0.15) is 51.6 Å². The van der Waals surface area contributed by atoms with Crippen molar-refractivity contribution < 1.29 is 4.79 Å². The van der Waals surface area contributed by atoms with Gasteiger partial charge in [-0.05, 0) is 31.9 Å². The van der Waals surface area contributed by atoms with E-state index in [9.17, 15) is 4.79 Å². The molecule has 100 valence electrons. The first-order valence-electron chi connectivity index (χ1n) is 6.91. The molecule has 3 nitrogen and oxygen atoms in total. The van der Waals surface area contributed by atoms with E-state index < -0.39 is 0 Å². The van der Waals surface area contributed by atoms with Gasteiger partial charge in [-0.15, -0.1) is 0 Å². The zero-order valence-electron chi connectivity index (χ0n) is 11.7. The summed E-state index contributed by atoms with van der Waals surface area (Å²) in [6.07, 6.45) is 5.39. The van der Waals surface area contributed by atoms with Gasteiger partial charge >= 0.3 is 0 Å². The number of nitrogens with zero attached hydrogens (tertiary/aromatic N) is 1. The summed E-state index contributed by atoms with van der Waals surface area (Å²) < 4.78 is 0. The van der Waals surface area contributed by atoms with Crippen molar-refractivity contribution in [2.75, 3.05) is 5.32 Å². The number of rotatable bonds is 7. The number of hydrogen-bond donors (Lipinski definition) is 1. The largest absolute Gasteiger partial charge is 0.310 e. The van der Waals surface area contributed by atoms with Crippen LogP contribution in [0.4, 0.5) is 5.82 Å². The second-order valence-electron chi connectivity index (χ2n) is 4.75. The number of pyridine rings is 1. The van der Waals surface area contributed by atoms with Crippen molar-refractivity contribution >= 4 is 11.7 Å². The van der Waals surface area contributed by atoms with Crippen molar-refractivity contribution in [3.05, 3.63) is 23.9 Å². The summed E-state index contributed by atoms with van der Waals surface area (Å²) in [5.74, 6) is 0.875. The highest BCUT2D eigenvalue weighted by atomic mass is 16.1. The maximum Gasteiger partial charge on any atom is 0.228 e. The molecular weight excluding hydrogens is 224 g/mol. The molecule has 0 radical (unpaired) electrons. The number of hydrogen-bond acceptors (Lipinski definition) is 2. The molecule has 1 heterocycles. The minimum atomic E-state index is 0.103. The molecule has 1 N–H and O–H groups in total. The summed E-state index contributed by atoms with van der Waals surface area (Å²) in [5.41, 5.74) is 0.923. The van der Waals surface area contributed by atoms with Crippen LogP contribution in [0.5, 0.6) is 0 Å². The van der Waals surface area contributed by atoms with Gasteiger partial charge < -0.3 is 5.32 Å². The van der Waals surface area contributed by atoms with Gasteiger partial charge in [-0.3, -0.25) is 4.79 Å². The zero-order chi connectivity index (χ0) is 13.4. The molecule has 1 rings (SSSR count). The van der Waals surface area contributed by atoms with Crippen molar-refractivity contribution in [3.8, 4) is 0 Å². The van der Waals surface area contributed by atoms with Crippen LogP contribution in [0, 0.1) is 12.8 Å². The summed E-state index contributed by atoms with van der Waals surface area (Å²) in [4.78, 5) is 16.4. The number of amides is 1. The summed E-state index contributed by atoms with van der Waals surface area (Å²) in [5, 5.41) is 2.91. The minimum Gasteiger partial charge on any atom is -0.310 e. The minimum absolute atomic E-state index is 0.103. The number of anilines is 1. The predicted molar refractivity (Wildman–Crippen MR) is 75.5 cm³/mol. The van der Waals surface area contributed by atoms with Gasteiger partial charge in [-0.2, -0.15) is 0 Å². The Morgan fingerprint density at radius 2 is 2.11 bits per heavy atom. The van der Waals surface area contributed by atoms with Crippen molar-refractivity contribution in [1.29, 1.82) is 0 Å². The van der Waals surface area contributed by atoms with Crippen LogP contribution in [0.15, 0.2) is 18.2 Å². The fourth-order valence-corrected chi connectivity index (χ4v) is 2.00. The third kappa shape index (κ3) is 4.86. The van der Waals surface area contributed by atoms with E-state index in [1.165, 1.54) is 12.8 Å². The number of nitrogens with one attached hydrogen (secondary N) is 1. The van der Waals surface area contributed by atoms with E-state index in [1.54, 1.807) is 0 Å². The van der Waals surface area contributed by atoms with E-state index in [1.807, 2.05) is 25.1 Å². The summed E-state index contributed by atoms with van der Waals surface area (Å²) in [7, 11) is 0. The van der Waals surface area contributed by atoms with Gasteiger partial charge in [-0.25, -0.2) is 4.98 Å². The molecule has 0 spiro atoms. The Morgan fingerprint density at radius 1 is 1.33 bits per heavy atom. The lowest BCUT2D eigenvalue weighted by Crippen LogP contribution is -2.22. The molecule has 1 atom stereocenters. The van der Waals surface area contributed by atoms with Crippen LogP contribution in [0.3, 0.4) is 0 Å². The second-order valence-corrected chi connectivity index (χ2v) is 4.75. The van der Waals surface area contributed by atoms with Crippen LogP contribution in [-0.4, -0.2) is 10.9 Å². The van der Waals surface area contributed by atoms with Gasteiger partial charge in [0.2, 0.25) is 5.91 Å². The Balaban J connectivity index is 2.51. The number of unbranched alkanes of at least 4 members (excludes halogenated alkanes) is 2. The summed E-state index contributed by atoms with van der Waals surface area (Å²) in [6, 6.07) is 5.67. The van der Waals surface area contributed by atoms with E-state index >= 15 is 0 Å². The molecule has 18 heavy (non-hydrogen) atoms. The molecule has 0 saturated carbocycles. The van der Waals surface area contributed by atoms with Crippen molar-refractivity contribution in [2.24, 2.45) is 5.92 Å². The quantitative estimate of drug-likeness (QED) is 0.743. The zero-order valence-corrected chi connectivity index (χ0v) is 11.7. The standard InChI is InChI=1S/C15H24N2O/c1-4-6-7-10-13(5-2)15(18)17-14-11-8-9-12(3)16-14/h8-9,11,13H,4-7,10H2,1-3H3,(H,16,17,18). The first-order valence-corrected chi connectivity index (χ1v) is 6.91. The monoisotopic (exact) mass is 248 g/mol. The topological polar surface area (TPSA) is 42.0 Å². The average molecular weight is 248 g/mol. The molecule has 0 aliphatic rings. The first kappa shape index (κ1) is 14.7. The molecular formula is C15H24N2O. The van der Waals surface area contributed by atoms with E-state index in [-0.39, 0.29) is 11.8 Å². The lowest BCUT2D eigenvalue weighted by atomic mass is 9.98. The van der Waals surface area contributed by atoms with Crippen LogP contribution >= 0.6 is 0 Å². The van der Waals surface area contributed by atoms with Crippen LogP contribution < -0.4 is 5.32 Å². The third-order valence-corrected chi connectivity index (χ3v) is 3.16. The molecule has 1 unspecified atom stereocenters. The van der Waals surface area contributed by atoms with E-state index in [2.05, 4.69) is 24.1 Å². The van der Waals surface area contributed by atoms with E-state index in [0.717, 1.165) is 25.0 Å². The summed E-state index contributed by atoms with van der Waals surface area (Å²) >= 11 is 0. The van der Waals surface area contributed by atoms with E-state index in [0.29, 0.717) is 5.82 Å². The van der Waals surface area contributed by atoms with Gasteiger partial charge in [0.15, 0.2) is 0 Å². The first-order chi connectivity index (χ1) is 8.67. The fourth-order valence-electron chi connectivity index (χ4n) is 2.00. The molecule has 0 aliphatic heterocycles. The molecule has 1 amide bonds. The highest BCUT2D eigenvalue weighted by Gasteiger charge is 2.16. The van der Waals surface area contributed by atoms with Crippen molar-refractivity contribution in [1.82, 2.24) is 4.98 Å². The van der Waals surface area contributed by atoms with Gasteiger partial charge in [0, 0.05) is 11.6 Å². The Labute approximate surface area is 110 Å². The molecule has 0 aliphatic carbocycles. The highest BCUT2D eigenvalue weighted by Crippen LogP contribution is 2.16. The average Bonchev–Trinajstić information content (AvgIpc) is 2.34. The van der Waals surface area contributed by atoms with Crippen molar-refractivity contribution in [2.45, 2.75) is 52.9 Å². The number of aromatic nitrogens is 1. The van der Waals surface area contributed by atoms with Gasteiger partial charge in [0.05, 0.1) is 0 Å². The van der Waals surface area contributed by atoms with Gasteiger partial charge in [0.25, 0.3) is 0 Å².